The molecule has 1 amide bonds. The number of carbonyl (C=O) groups excluding carboxylic acids is 1. The van der Waals surface area contributed by atoms with Gasteiger partial charge in [0.2, 0.25) is 10.5 Å². The predicted molar refractivity (Wildman–Crippen MR) is 30.8 cm³/mol. The molecule has 0 aromatic heterocycles. The summed E-state index contributed by atoms with van der Waals surface area (Å²) in [7, 11) is 0. The topological polar surface area (TPSA) is 32.3 Å². The van der Waals surface area contributed by atoms with Gasteiger partial charge in [0.05, 0.1) is 6.54 Å². The Hall–Kier alpha value is 0.160. The summed E-state index contributed by atoms with van der Waals surface area (Å²) in [6, 6.07) is 0. The zero-order valence-electron chi connectivity index (χ0n) is 5.09. The minimum atomic E-state index is 0.228. The zero-order valence-corrected chi connectivity index (χ0v) is 7.42. The summed E-state index contributed by atoms with van der Waals surface area (Å²) in [5.41, 5.74) is 0. The first-order chi connectivity index (χ1) is 4.34. The zero-order chi connectivity index (χ0) is 6.69. The van der Waals surface area contributed by atoms with Crippen molar-refractivity contribution in [3.8, 4) is 0 Å². The summed E-state index contributed by atoms with van der Waals surface area (Å²) >= 11 is 1.94. The van der Waals surface area contributed by atoms with Crippen molar-refractivity contribution in [1.82, 2.24) is 10.2 Å². The number of nitrogens with one attached hydrogen (secondary N) is 1. The lowest BCUT2D eigenvalue weighted by molar-refractivity contribution is -0.396. The highest BCUT2D eigenvalue weighted by molar-refractivity contribution is 5.78. The lowest BCUT2D eigenvalue weighted by Gasteiger charge is -2.22. The van der Waals surface area contributed by atoms with Gasteiger partial charge in [-0.1, -0.05) is 0 Å². The number of piperazine rings is 1. The highest BCUT2D eigenvalue weighted by Gasteiger charge is 2.17. The molecule has 1 heterocycles. The molecule has 0 atom stereocenters. The third kappa shape index (κ3) is 1.79. The molecule has 1 N–H and O–H groups in total. The number of rotatable bonds is 1. The second-order valence-corrected chi connectivity index (χ2v) is 2.70. The minimum absolute atomic E-state index is 0.228. The summed E-state index contributed by atoms with van der Waals surface area (Å²) in [6.45, 7) is 2.34. The van der Waals surface area contributed by atoms with Crippen molar-refractivity contribution in [3.05, 3.63) is 0 Å². The molecule has 1 aliphatic heterocycles. The van der Waals surface area contributed by atoms with E-state index in [4.69, 9.17) is 0 Å². The van der Waals surface area contributed by atoms with Crippen molar-refractivity contribution < 1.29 is 27.4 Å². The van der Waals surface area contributed by atoms with Crippen LogP contribution in [-0.4, -0.2) is 35.0 Å². The first kappa shape index (κ1) is 7.27. The molecule has 1 fully saturated rings. The molecule has 1 saturated heterocycles. The van der Waals surface area contributed by atoms with Crippen LogP contribution >= 0.6 is 0 Å². The maximum absolute atomic E-state index is 10.9. The Balaban J connectivity index is 2.39. The van der Waals surface area contributed by atoms with E-state index in [1.165, 1.54) is 0 Å². The quantitative estimate of drug-likeness (QED) is 0.286. The van der Waals surface area contributed by atoms with Gasteiger partial charge in [-0.2, -0.15) is 0 Å². The monoisotopic (exact) mass is 241 g/mol. The fourth-order valence-corrected chi connectivity index (χ4v) is 1.56. The van der Waals surface area contributed by atoms with Crippen LogP contribution in [0.25, 0.3) is 0 Å². The Bertz CT molecular complexity index is 118. The number of carbonyl (C=O) groups is 1. The van der Waals surface area contributed by atoms with Crippen LogP contribution < -0.4 is 27.9 Å². The fraction of sp³-hybridized carbons (Fsp3) is 0.800. The lowest BCUT2D eigenvalue weighted by atomic mass is 10.4. The SMILES string of the molecule is O=C1CNCCN1C[IH+]. The number of nitrogens with zero attached hydrogens (tertiary/aromatic N) is 1. The molecule has 4 heteroatoms. The third-order valence-corrected chi connectivity index (χ3v) is 2.23. The van der Waals surface area contributed by atoms with Gasteiger partial charge in [0, 0.05) is 13.1 Å². The van der Waals surface area contributed by atoms with E-state index < -0.39 is 0 Å². The van der Waals surface area contributed by atoms with Crippen LogP contribution in [0.15, 0.2) is 0 Å². The first-order valence-electron chi connectivity index (χ1n) is 2.91. The maximum atomic E-state index is 10.9. The number of hydrogen-bond donors (Lipinski definition) is 1. The summed E-state index contributed by atoms with van der Waals surface area (Å²) in [5, 5.41) is 3.01. The van der Waals surface area contributed by atoms with Crippen molar-refractivity contribution in [2.45, 2.75) is 0 Å². The van der Waals surface area contributed by atoms with E-state index in [2.05, 4.69) is 5.32 Å². The number of hydrogen-bond acceptors (Lipinski definition) is 2. The van der Waals surface area contributed by atoms with E-state index in [9.17, 15) is 4.79 Å². The minimum Gasteiger partial charge on any atom is -0.307 e. The molecule has 9 heavy (non-hydrogen) atoms. The molecule has 0 bridgehead atoms. The van der Waals surface area contributed by atoms with Gasteiger partial charge in [0.25, 0.3) is 22.6 Å². The van der Waals surface area contributed by atoms with Gasteiger partial charge >= 0.3 is 0 Å². The highest BCUT2D eigenvalue weighted by Crippen LogP contribution is 1.87. The Kier molecular flexibility index (Phi) is 2.71. The van der Waals surface area contributed by atoms with E-state index in [1.807, 2.05) is 27.5 Å². The molecule has 1 rings (SSSR count). The largest absolute Gasteiger partial charge is 0.307 e. The number of amides is 1. The van der Waals surface area contributed by atoms with Gasteiger partial charge in [-0.3, -0.25) is 9.69 Å². The van der Waals surface area contributed by atoms with E-state index in [0.29, 0.717) is 6.54 Å². The van der Waals surface area contributed by atoms with Crippen LogP contribution in [0.4, 0.5) is 0 Å². The van der Waals surface area contributed by atoms with E-state index in [-0.39, 0.29) is 5.91 Å². The van der Waals surface area contributed by atoms with E-state index >= 15 is 0 Å². The van der Waals surface area contributed by atoms with E-state index in [0.717, 1.165) is 17.6 Å². The van der Waals surface area contributed by atoms with Gasteiger partial charge in [0.15, 0.2) is 0 Å². The van der Waals surface area contributed by atoms with Crippen molar-refractivity contribution in [2.75, 3.05) is 24.2 Å². The molecule has 0 spiro atoms. The molecule has 0 saturated carbocycles. The Labute approximate surface area is 67.9 Å². The van der Waals surface area contributed by atoms with Crippen molar-refractivity contribution in [2.24, 2.45) is 0 Å². The molecule has 0 radical (unpaired) electrons. The van der Waals surface area contributed by atoms with Crippen LogP contribution in [0.5, 0.6) is 0 Å². The summed E-state index contributed by atoms with van der Waals surface area (Å²) in [4.78, 5) is 12.8. The summed E-state index contributed by atoms with van der Waals surface area (Å²) in [6.07, 6.45) is 0. The molecule has 52 valence electrons. The van der Waals surface area contributed by atoms with Crippen LogP contribution in [0.2, 0.25) is 0 Å². The highest BCUT2D eigenvalue weighted by atomic mass is 127. The van der Waals surface area contributed by atoms with Crippen molar-refractivity contribution in [1.29, 1.82) is 0 Å². The Morgan fingerprint density at radius 1 is 1.78 bits per heavy atom. The molecule has 3 nitrogen and oxygen atoms in total. The predicted octanol–water partition coefficient (Wildman–Crippen LogP) is -4.34. The molecule has 0 unspecified atom stereocenters. The molecular weight excluding hydrogens is 231 g/mol. The van der Waals surface area contributed by atoms with Gasteiger partial charge < -0.3 is 5.32 Å². The molecule has 0 aromatic rings. The van der Waals surface area contributed by atoms with Gasteiger partial charge in [0.1, 0.15) is 0 Å². The molecule has 0 aromatic carbocycles. The molecule has 1 aliphatic rings. The number of halogens is 1. The molecular formula is C5H10IN2O+. The van der Waals surface area contributed by atoms with Crippen molar-refractivity contribution in [3.63, 3.8) is 0 Å². The lowest BCUT2D eigenvalue weighted by Crippen LogP contribution is -3.36. The van der Waals surface area contributed by atoms with Crippen LogP contribution in [-0.2, 0) is 4.79 Å². The second kappa shape index (κ2) is 3.36. The third-order valence-electron chi connectivity index (χ3n) is 1.34. The second-order valence-electron chi connectivity index (χ2n) is 1.96. The molecule has 0 aliphatic carbocycles. The van der Waals surface area contributed by atoms with Crippen LogP contribution in [0.1, 0.15) is 0 Å². The number of alkyl halides is 1. The van der Waals surface area contributed by atoms with Crippen molar-refractivity contribution >= 4 is 5.91 Å². The smallest absolute Gasteiger partial charge is 0.275 e. The summed E-state index contributed by atoms with van der Waals surface area (Å²) < 4.78 is 0.858. The van der Waals surface area contributed by atoms with Crippen LogP contribution in [0, 0.1) is 0 Å². The van der Waals surface area contributed by atoms with Gasteiger partial charge in [-0.05, 0) is 0 Å². The van der Waals surface area contributed by atoms with Crippen LogP contribution in [0.3, 0.4) is 0 Å². The maximum Gasteiger partial charge on any atom is 0.275 e. The van der Waals surface area contributed by atoms with E-state index in [1.54, 1.807) is 0 Å². The average Bonchev–Trinajstić information content (AvgIpc) is 1.89. The van der Waals surface area contributed by atoms with Gasteiger partial charge in [-0.15, -0.1) is 0 Å². The summed E-state index contributed by atoms with van der Waals surface area (Å²) in [5.74, 6) is 0.228. The average molecular weight is 241 g/mol. The Morgan fingerprint density at radius 2 is 2.56 bits per heavy atom. The van der Waals surface area contributed by atoms with Gasteiger partial charge in [-0.25, -0.2) is 0 Å². The first-order valence-corrected chi connectivity index (χ1v) is 4.56. The fourth-order valence-electron chi connectivity index (χ4n) is 0.782. The Morgan fingerprint density at radius 3 is 3.00 bits per heavy atom. The normalized spacial score (nSPS) is 20.6. The standard InChI is InChI=1S/C5H10IN2O/c6-4-8-2-1-7-3-5(8)9/h6-7H,1-4H2/q+1.